The van der Waals surface area contributed by atoms with Gasteiger partial charge in [0.05, 0.1) is 0 Å². The van der Waals surface area contributed by atoms with Gasteiger partial charge in [0.15, 0.2) is 0 Å². The van der Waals surface area contributed by atoms with Gasteiger partial charge < -0.3 is 15.6 Å². The molecule has 3 rings (SSSR count). The first-order valence-electron chi connectivity index (χ1n) is 9.14. The molecule has 1 aromatic rings. The van der Waals surface area contributed by atoms with E-state index in [1.165, 1.54) is 28.6 Å². The molecule has 0 radical (unpaired) electrons. The van der Waals surface area contributed by atoms with Crippen LogP contribution in [-0.4, -0.2) is 31.3 Å². The highest BCUT2D eigenvalue weighted by Gasteiger charge is 2.57. The summed E-state index contributed by atoms with van der Waals surface area (Å²) < 4.78 is 7.47. The van der Waals surface area contributed by atoms with Gasteiger partial charge in [0.1, 0.15) is 12.0 Å². The molecule has 0 unspecified atom stereocenters. The van der Waals surface area contributed by atoms with Gasteiger partial charge in [-0.15, -0.1) is 11.8 Å². The monoisotopic (exact) mass is 381 g/mol. The molecule has 0 aromatic carbocycles. The van der Waals surface area contributed by atoms with Crippen molar-refractivity contribution in [2.45, 2.75) is 51.2 Å². The van der Waals surface area contributed by atoms with Crippen molar-refractivity contribution in [3.8, 4) is 0 Å². The molecule has 26 heavy (non-hydrogen) atoms. The van der Waals surface area contributed by atoms with Gasteiger partial charge in [0.25, 0.3) is 0 Å². The van der Waals surface area contributed by atoms with Gasteiger partial charge in [-0.1, -0.05) is 27.2 Å². The first-order valence-corrected chi connectivity index (χ1v) is 10.1. The average Bonchev–Trinajstić information content (AvgIpc) is 3.00. The minimum Gasteiger partial charge on any atom is -0.478 e. The maximum atomic E-state index is 12.3. The van der Waals surface area contributed by atoms with Crippen LogP contribution in [0.3, 0.4) is 0 Å². The van der Waals surface area contributed by atoms with Crippen LogP contribution in [0.1, 0.15) is 46.3 Å². The highest BCUT2D eigenvalue weighted by molar-refractivity contribution is 8.01. The summed E-state index contributed by atoms with van der Waals surface area (Å²) in [6, 6.07) is 1.52. The van der Waals surface area contributed by atoms with E-state index in [4.69, 9.17) is 10.5 Å². The van der Waals surface area contributed by atoms with E-state index in [-0.39, 0.29) is 17.7 Å². The third-order valence-corrected chi connectivity index (χ3v) is 7.18. The van der Waals surface area contributed by atoms with Crippen LogP contribution >= 0.6 is 11.8 Å². The second kappa shape index (κ2) is 7.23. The number of aromatic nitrogens is 2. The van der Waals surface area contributed by atoms with Crippen molar-refractivity contribution in [2.24, 2.45) is 23.7 Å². The van der Waals surface area contributed by atoms with Crippen LogP contribution in [0.15, 0.2) is 17.1 Å². The van der Waals surface area contributed by atoms with Crippen molar-refractivity contribution in [3.05, 3.63) is 22.7 Å². The number of carboxylic acid groups (broad SMARTS) is 1. The molecule has 2 aliphatic rings. The maximum absolute atomic E-state index is 12.3. The third-order valence-electron chi connectivity index (χ3n) is 5.72. The van der Waals surface area contributed by atoms with E-state index in [2.05, 4.69) is 25.8 Å². The van der Waals surface area contributed by atoms with Gasteiger partial charge >= 0.3 is 11.7 Å². The quantitative estimate of drug-likeness (QED) is 0.825. The van der Waals surface area contributed by atoms with Gasteiger partial charge in [-0.05, 0) is 36.7 Å². The minimum absolute atomic E-state index is 0.0869. The normalized spacial score (nSPS) is 34.9. The number of nitrogen functional groups attached to an aromatic ring is 1. The van der Waals surface area contributed by atoms with E-state index in [9.17, 15) is 14.7 Å². The molecule has 1 aliphatic carbocycles. The lowest BCUT2D eigenvalue weighted by Gasteiger charge is -2.44. The number of ether oxygens (including phenoxy) is 1. The van der Waals surface area contributed by atoms with Crippen molar-refractivity contribution in [1.82, 2.24) is 9.55 Å². The predicted molar refractivity (Wildman–Crippen MR) is 101 cm³/mol. The Hall–Kier alpha value is -1.54. The Morgan fingerprint density at radius 1 is 1.50 bits per heavy atom. The molecule has 1 aliphatic heterocycles. The van der Waals surface area contributed by atoms with E-state index >= 15 is 0 Å². The molecule has 0 spiro atoms. The number of carbonyl (C=O) groups is 1. The number of aliphatic carboxylic acids is 1. The molecule has 7 nitrogen and oxygen atoms in total. The second-order valence-corrected chi connectivity index (χ2v) is 9.06. The smallest absolute Gasteiger partial charge is 0.351 e. The van der Waals surface area contributed by atoms with Crippen LogP contribution in [0, 0.1) is 23.7 Å². The van der Waals surface area contributed by atoms with Crippen LogP contribution in [0.5, 0.6) is 0 Å². The Bertz CT molecular complexity index is 737. The molecule has 1 aromatic heterocycles. The molecule has 8 heteroatoms. The largest absolute Gasteiger partial charge is 0.478 e. The van der Waals surface area contributed by atoms with Gasteiger partial charge in [0, 0.05) is 17.9 Å². The number of anilines is 1. The molecule has 3 N–H and O–H groups in total. The van der Waals surface area contributed by atoms with Crippen LogP contribution in [0.2, 0.25) is 0 Å². The molecule has 144 valence electrons. The van der Waals surface area contributed by atoms with E-state index in [0.29, 0.717) is 17.6 Å². The molecule has 2 fully saturated rings. The van der Waals surface area contributed by atoms with E-state index in [1.54, 1.807) is 0 Å². The lowest BCUT2D eigenvalue weighted by atomic mass is 9.67. The summed E-state index contributed by atoms with van der Waals surface area (Å²) in [5, 5.41) is 10.1. The highest BCUT2D eigenvalue weighted by Crippen LogP contribution is 2.54. The fourth-order valence-electron chi connectivity index (χ4n) is 4.35. The topological polar surface area (TPSA) is 107 Å². The molecular weight excluding hydrogens is 354 g/mol. The lowest BCUT2D eigenvalue weighted by molar-refractivity contribution is -0.173. The number of carboxylic acids is 1. The molecule has 5 atom stereocenters. The highest BCUT2D eigenvalue weighted by atomic mass is 32.2. The Labute approximate surface area is 157 Å². The Balaban J connectivity index is 1.94. The van der Waals surface area contributed by atoms with E-state index in [1.807, 2.05) is 0 Å². The van der Waals surface area contributed by atoms with Gasteiger partial charge in [0.2, 0.25) is 4.93 Å². The summed E-state index contributed by atoms with van der Waals surface area (Å²) in [7, 11) is 0. The Morgan fingerprint density at radius 2 is 2.23 bits per heavy atom. The van der Waals surface area contributed by atoms with Gasteiger partial charge in [-0.3, -0.25) is 4.57 Å². The van der Waals surface area contributed by atoms with Crippen molar-refractivity contribution in [2.75, 3.05) is 11.5 Å². The average molecular weight is 381 g/mol. The summed E-state index contributed by atoms with van der Waals surface area (Å²) in [4.78, 5) is 26.9. The van der Waals surface area contributed by atoms with E-state index < -0.39 is 22.8 Å². The number of rotatable bonds is 4. The van der Waals surface area contributed by atoms with Crippen LogP contribution < -0.4 is 11.4 Å². The number of nitrogens with two attached hydrogens (primary N) is 1. The zero-order valence-electron chi connectivity index (χ0n) is 15.4. The molecule has 1 saturated heterocycles. The summed E-state index contributed by atoms with van der Waals surface area (Å²) in [5.41, 5.74) is 5.03. The van der Waals surface area contributed by atoms with Crippen LogP contribution in [0.25, 0.3) is 0 Å². The summed E-state index contributed by atoms with van der Waals surface area (Å²) in [5.74, 6) is 0.635. The molecule has 0 bridgehead atoms. The summed E-state index contributed by atoms with van der Waals surface area (Å²) >= 11 is 1.30. The first kappa shape index (κ1) is 19.2. The van der Waals surface area contributed by atoms with Crippen molar-refractivity contribution in [3.63, 3.8) is 0 Å². The van der Waals surface area contributed by atoms with Gasteiger partial charge in [-0.25, -0.2) is 9.59 Å². The predicted octanol–water partition coefficient (Wildman–Crippen LogP) is 2.58. The van der Waals surface area contributed by atoms with E-state index in [0.717, 1.165) is 19.3 Å². The van der Waals surface area contributed by atoms with Crippen molar-refractivity contribution >= 4 is 23.5 Å². The summed E-state index contributed by atoms with van der Waals surface area (Å²) in [6.07, 6.45) is 3.82. The number of hydrogen-bond donors (Lipinski definition) is 2. The number of nitrogens with zero attached hydrogens (tertiary/aromatic N) is 2. The molecular formula is C18H27N3O4S. The van der Waals surface area contributed by atoms with Crippen molar-refractivity contribution in [1.29, 1.82) is 0 Å². The zero-order chi connectivity index (χ0) is 19.1. The first-order chi connectivity index (χ1) is 12.2. The summed E-state index contributed by atoms with van der Waals surface area (Å²) in [6.45, 7) is 6.47. The fraction of sp³-hybridized carbons (Fsp3) is 0.722. The fourth-order valence-corrected chi connectivity index (χ4v) is 5.76. The van der Waals surface area contributed by atoms with Crippen LogP contribution in [0.4, 0.5) is 5.82 Å². The molecule has 0 amide bonds. The number of hydrogen-bond acceptors (Lipinski definition) is 6. The van der Waals surface area contributed by atoms with Crippen LogP contribution in [-0.2, 0) is 9.53 Å². The van der Waals surface area contributed by atoms with Gasteiger partial charge in [-0.2, -0.15) is 4.98 Å². The second-order valence-electron chi connectivity index (χ2n) is 7.83. The van der Waals surface area contributed by atoms with Crippen molar-refractivity contribution < 1.29 is 14.6 Å². The lowest BCUT2D eigenvalue weighted by Crippen LogP contribution is -2.50. The maximum Gasteiger partial charge on any atom is 0.351 e. The standard InChI is InChI=1S/C18H27N3O4S/c1-10(2)12-5-4-11(3)8-13(12)18(16(22)23)25-15(9-26-18)21-7-6-14(19)20-17(21)24/h6-7,10-13,15H,4-5,8-9H2,1-3H3,(H,22,23)(H2,19,20,24)/t11-,12+,13-,15+,18-/m1/s1. The number of thioether (sulfide) groups is 1. The molecule has 1 saturated carbocycles. The zero-order valence-corrected chi connectivity index (χ0v) is 16.2. The minimum atomic E-state index is -1.32. The Morgan fingerprint density at radius 3 is 2.85 bits per heavy atom. The molecule has 2 heterocycles. The Kier molecular flexibility index (Phi) is 5.35. The third kappa shape index (κ3) is 3.36. The SMILES string of the molecule is CC(C)[C@@H]1CC[C@@H](C)C[C@H]1[C@@]1(C(=O)O)O[C@H](n2ccc(N)nc2=O)CS1.